The van der Waals surface area contributed by atoms with Gasteiger partial charge in [-0.1, -0.05) is 0 Å². The van der Waals surface area contributed by atoms with Gasteiger partial charge in [0.2, 0.25) is 0 Å². The lowest BCUT2D eigenvalue weighted by atomic mass is 10.3. The number of aromatic amines is 1. The van der Waals surface area contributed by atoms with Crippen molar-refractivity contribution in [2.45, 2.75) is 12.2 Å². The number of anilines is 1. The van der Waals surface area contributed by atoms with Gasteiger partial charge in [-0.3, -0.25) is 0 Å². The molecule has 1 atom stereocenters. The van der Waals surface area contributed by atoms with Gasteiger partial charge in [-0.25, -0.2) is 13.4 Å². The number of rotatable bonds is 2. The van der Waals surface area contributed by atoms with Crippen molar-refractivity contribution < 1.29 is 8.42 Å². The Hall–Kier alpha value is -1.56. The van der Waals surface area contributed by atoms with E-state index in [1.165, 1.54) is 6.26 Å². The number of nitrogens with one attached hydrogen (secondary N) is 1. The normalized spacial score (nSPS) is 14.1. The molecular weight excluding hydrogens is 226 g/mol. The van der Waals surface area contributed by atoms with E-state index in [-0.39, 0.29) is 0 Å². The average molecular weight is 239 g/mol. The van der Waals surface area contributed by atoms with Crippen molar-refractivity contribution in [3.05, 3.63) is 24.0 Å². The monoisotopic (exact) mass is 239 g/mol. The van der Waals surface area contributed by atoms with Crippen LogP contribution in [0.1, 0.15) is 18.0 Å². The van der Waals surface area contributed by atoms with Crippen LogP contribution in [-0.4, -0.2) is 24.6 Å². The van der Waals surface area contributed by atoms with Gasteiger partial charge in [-0.15, -0.1) is 0 Å². The molecule has 1 aromatic heterocycles. The van der Waals surface area contributed by atoms with Crippen LogP contribution >= 0.6 is 0 Å². The van der Waals surface area contributed by atoms with E-state index in [1.807, 2.05) is 0 Å². The Bertz CT molecular complexity index is 631. The molecule has 5 nitrogen and oxygen atoms in total. The molecule has 1 aromatic carbocycles. The number of H-pyrrole nitrogens is 1. The molecule has 1 heterocycles. The summed E-state index contributed by atoms with van der Waals surface area (Å²) < 4.78 is 22.8. The number of hydrogen-bond acceptors (Lipinski definition) is 4. The minimum Gasteiger partial charge on any atom is -0.399 e. The van der Waals surface area contributed by atoms with Crippen molar-refractivity contribution in [2.75, 3.05) is 12.0 Å². The lowest BCUT2D eigenvalue weighted by Gasteiger charge is -2.04. The van der Waals surface area contributed by atoms with E-state index < -0.39 is 15.1 Å². The molecule has 2 aromatic rings. The summed E-state index contributed by atoms with van der Waals surface area (Å²) >= 11 is 0. The SMILES string of the molecule is CC(c1nc2ccc(N)cc2[nH]1)S(C)(=O)=O. The summed E-state index contributed by atoms with van der Waals surface area (Å²) in [6.07, 6.45) is 1.19. The fourth-order valence-electron chi connectivity index (χ4n) is 1.44. The highest BCUT2D eigenvalue weighted by Crippen LogP contribution is 2.22. The highest BCUT2D eigenvalue weighted by molar-refractivity contribution is 7.90. The van der Waals surface area contributed by atoms with Gasteiger partial charge in [-0.05, 0) is 25.1 Å². The first-order valence-corrected chi connectivity index (χ1v) is 6.77. The molecule has 1 unspecified atom stereocenters. The number of nitrogens with zero attached hydrogens (tertiary/aromatic N) is 1. The molecule has 0 amide bonds. The Morgan fingerprint density at radius 1 is 1.44 bits per heavy atom. The smallest absolute Gasteiger partial charge is 0.157 e. The number of nitrogens with two attached hydrogens (primary N) is 1. The maximum absolute atomic E-state index is 11.4. The van der Waals surface area contributed by atoms with Crippen LogP contribution in [0.25, 0.3) is 11.0 Å². The van der Waals surface area contributed by atoms with Gasteiger partial charge < -0.3 is 10.7 Å². The molecule has 0 bridgehead atoms. The van der Waals surface area contributed by atoms with Crippen LogP contribution in [0.2, 0.25) is 0 Å². The maximum Gasteiger partial charge on any atom is 0.157 e. The lowest BCUT2D eigenvalue weighted by molar-refractivity contribution is 0.590. The van der Waals surface area contributed by atoms with Crippen LogP contribution < -0.4 is 5.73 Å². The fourth-order valence-corrected chi connectivity index (χ4v) is 1.96. The van der Waals surface area contributed by atoms with Crippen LogP contribution in [-0.2, 0) is 9.84 Å². The Labute approximate surface area is 93.6 Å². The number of imidazole rings is 1. The van der Waals surface area contributed by atoms with E-state index in [9.17, 15) is 8.42 Å². The second kappa shape index (κ2) is 3.48. The van der Waals surface area contributed by atoms with Crippen molar-refractivity contribution in [2.24, 2.45) is 0 Å². The number of nitrogen functional groups attached to an aromatic ring is 1. The van der Waals surface area contributed by atoms with E-state index in [0.717, 1.165) is 11.0 Å². The number of hydrogen-bond donors (Lipinski definition) is 2. The van der Waals surface area contributed by atoms with Gasteiger partial charge in [0.15, 0.2) is 9.84 Å². The maximum atomic E-state index is 11.4. The van der Waals surface area contributed by atoms with Crippen molar-refractivity contribution in [1.29, 1.82) is 0 Å². The number of sulfone groups is 1. The van der Waals surface area contributed by atoms with Crippen molar-refractivity contribution in [3.8, 4) is 0 Å². The first kappa shape index (κ1) is 10.9. The zero-order valence-corrected chi connectivity index (χ0v) is 9.88. The van der Waals surface area contributed by atoms with E-state index in [4.69, 9.17) is 5.73 Å². The van der Waals surface area contributed by atoms with Gasteiger partial charge in [0.1, 0.15) is 11.1 Å². The van der Waals surface area contributed by atoms with Crippen LogP contribution in [0.4, 0.5) is 5.69 Å². The van der Waals surface area contributed by atoms with Crippen LogP contribution in [0.15, 0.2) is 18.2 Å². The van der Waals surface area contributed by atoms with E-state index in [1.54, 1.807) is 25.1 Å². The molecule has 0 radical (unpaired) electrons. The van der Waals surface area contributed by atoms with Crippen LogP contribution in [0.3, 0.4) is 0 Å². The molecule has 0 spiro atoms. The molecule has 3 N–H and O–H groups in total. The number of aromatic nitrogens is 2. The third-order valence-electron chi connectivity index (χ3n) is 2.55. The molecule has 0 aliphatic heterocycles. The summed E-state index contributed by atoms with van der Waals surface area (Å²) in [6, 6.07) is 5.23. The Kier molecular flexibility index (Phi) is 2.38. The highest BCUT2D eigenvalue weighted by atomic mass is 32.2. The Morgan fingerprint density at radius 3 is 2.75 bits per heavy atom. The summed E-state index contributed by atoms with van der Waals surface area (Å²) in [5.41, 5.74) is 7.73. The van der Waals surface area contributed by atoms with Gasteiger partial charge in [0.25, 0.3) is 0 Å². The minimum absolute atomic E-state index is 0.447. The highest BCUT2D eigenvalue weighted by Gasteiger charge is 2.20. The summed E-state index contributed by atoms with van der Waals surface area (Å²) in [4.78, 5) is 7.20. The van der Waals surface area contributed by atoms with Crippen molar-refractivity contribution in [3.63, 3.8) is 0 Å². The summed E-state index contributed by atoms with van der Waals surface area (Å²) in [5.74, 6) is 0.447. The van der Waals surface area contributed by atoms with E-state index in [2.05, 4.69) is 9.97 Å². The summed E-state index contributed by atoms with van der Waals surface area (Å²) in [6.45, 7) is 1.61. The molecule has 86 valence electrons. The zero-order valence-electron chi connectivity index (χ0n) is 9.06. The van der Waals surface area contributed by atoms with Crippen LogP contribution in [0.5, 0.6) is 0 Å². The summed E-state index contributed by atoms with van der Waals surface area (Å²) in [5, 5.41) is -0.638. The molecule has 2 rings (SSSR count). The second-order valence-corrected chi connectivity index (χ2v) is 6.24. The topological polar surface area (TPSA) is 88.8 Å². The minimum atomic E-state index is -3.14. The van der Waals surface area contributed by atoms with Gasteiger partial charge >= 0.3 is 0 Å². The van der Waals surface area contributed by atoms with Gasteiger partial charge in [0.05, 0.1) is 11.0 Å². The summed E-state index contributed by atoms with van der Waals surface area (Å²) in [7, 11) is -3.14. The van der Waals surface area contributed by atoms with Gasteiger partial charge in [-0.2, -0.15) is 0 Å². The zero-order chi connectivity index (χ0) is 11.9. The molecule has 16 heavy (non-hydrogen) atoms. The first-order valence-electron chi connectivity index (χ1n) is 4.82. The molecule has 0 aliphatic carbocycles. The predicted molar refractivity (Wildman–Crippen MR) is 63.8 cm³/mol. The first-order chi connectivity index (χ1) is 7.38. The molecule has 0 saturated carbocycles. The third-order valence-corrected chi connectivity index (χ3v) is 4.06. The quantitative estimate of drug-likeness (QED) is 0.772. The fraction of sp³-hybridized carbons (Fsp3) is 0.300. The lowest BCUT2D eigenvalue weighted by Crippen LogP contribution is -2.09. The second-order valence-electron chi connectivity index (χ2n) is 3.87. The molecule has 0 fully saturated rings. The number of benzene rings is 1. The molecule has 6 heteroatoms. The van der Waals surface area contributed by atoms with E-state index >= 15 is 0 Å². The average Bonchev–Trinajstić information content (AvgIpc) is 2.57. The third kappa shape index (κ3) is 1.88. The van der Waals surface area contributed by atoms with Crippen LogP contribution in [0, 0.1) is 0 Å². The van der Waals surface area contributed by atoms with Crippen molar-refractivity contribution >= 4 is 26.6 Å². The molecular formula is C10H13N3O2S. The van der Waals surface area contributed by atoms with Gasteiger partial charge in [0, 0.05) is 11.9 Å². The molecule has 0 saturated heterocycles. The van der Waals surface area contributed by atoms with Crippen molar-refractivity contribution in [1.82, 2.24) is 9.97 Å². The molecule has 0 aliphatic rings. The largest absolute Gasteiger partial charge is 0.399 e. The number of fused-ring (bicyclic) bond motifs is 1. The van der Waals surface area contributed by atoms with E-state index in [0.29, 0.717) is 11.5 Å². The predicted octanol–water partition coefficient (Wildman–Crippen LogP) is 1.25. The Morgan fingerprint density at radius 2 is 2.12 bits per heavy atom. The standard InChI is InChI=1S/C10H13N3O2S/c1-6(16(2,14)15)10-12-8-4-3-7(11)5-9(8)13-10/h3-6H,11H2,1-2H3,(H,12,13). The Balaban J connectivity index is 2.56.